The van der Waals surface area contributed by atoms with Crippen molar-refractivity contribution in [3.63, 3.8) is 0 Å². The Bertz CT molecular complexity index is 678. The van der Waals surface area contributed by atoms with Crippen LogP contribution >= 0.6 is 23.2 Å². The summed E-state index contributed by atoms with van der Waals surface area (Å²) in [4.78, 5) is 23.8. The molecule has 5 heteroatoms. The molecule has 0 atom stereocenters. The van der Waals surface area contributed by atoms with E-state index in [1.54, 1.807) is 12.1 Å². The fourth-order valence-electron chi connectivity index (χ4n) is 1.69. The molecule has 0 unspecified atom stereocenters. The van der Waals surface area contributed by atoms with Crippen LogP contribution in [0.25, 0.3) is 0 Å². The summed E-state index contributed by atoms with van der Waals surface area (Å²) >= 11 is 11.7. The average molecular weight is 323 g/mol. The highest BCUT2D eigenvalue weighted by atomic mass is 35.5. The maximum absolute atomic E-state index is 11.9. The molecule has 0 aromatic heterocycles. The normalized spacial score (nSPS) is 10.2. The van der Waals surface area contributed by atoms with Gasteiger partial charge in [-0.15, -0.1) is 0 Å². The largest absolute Gasteiger partial charge is 0.454 e. The van der Waals surface area contributed by atoms with Crippen LogP contribution in [0.2, 0.25) is 10.0 Å². The van der Waals surface area contributed by atoms with Crippen LogP contribution in [-0.4, -0.2) is 18.4 Å². The third kappa shape index (κ3) is 4.06. The zero-order valence-corrected chi connectivity index (χ0v) is 12.7. The molecule has 0 amide bonds. The van der Waals surface area contributed by atoms with Gasteiger partial charge in [0.25, 0.3) is 0 Å². The lowest BCUT2D eigenvalue weighted by Gasteiger charge is -2.06. The third-order valence-corrected chi connectivity index (χ3v) is 3.41. The molecule has 2 rings (SSSR count). The van der Waals surface area contributed by atoms with Gasteiger partial charge in [-0.2, -0.15) is 0 Å². The average Bonchev–Trinajstić information content (AvgIpc) is 2.45. The van der Waals surface area contributed by atoms with Gasteiger partial charge in [-0.05, 0) is 25.1 Å². The van der Waals surface area contributed by atoms with Crippen molar-refractivity contribution in [3.8, 4) is 0 Å². The van der Waals surface area contributed by atoms with Crippen LogP contribution in [0.3, 0.4) is 0 Å². The summed E-state index contributed by atoms with van der Waals surface area (Å²) in [6.07, 6.45) is 0. The highest BCUT2D eigenvalue weighted by molar-refractivity contribution is 6.36. The molecule has 0 saturated heterocycles. The van der Waals surface area contributed by atoms with Crippen LogP contribution in [0.4, 0.5) is 0 Å². The summed E-state index contributed by atoms with van der Waals surface area (Å²) < 4.78 is 4.98. The first-order valence-corrected chi connectivity index (χ1v) is 6.95. The summed E-state index contributed by atoms with van der Waals surface area (Å²) in [6.45, 7) is 1.59. The number of benzene rings is 2. The minimum absolute atomic E-state index is 0.178. The summed E-state index contributed by atoms with van der Waals surface area (Å²) in [7, 11) is 0. The molecule has 2 aromatic carbocycles. The van der Waals surface area contributed by atoms with Crippen molar-refractivity contribution in [1.29, 1.82) is 0 Å². The van der Waals surface area contributed by atoms with E-state index in [-0.39, 0.29) is 23.0 Å². The first kappa shape index (κ1) is 15.5. The molecule has 108 valence electrons. The Morgan fingerprint density at radius 2 is 1.71 bits per heavy atom. The van der Waals surface area contributed by atoms with E-state index in [9.17, 15) is 9.59 Å². The number of aryl methyl sites for hydroxylation is 1. The monoisotopic (exact) mass is 322 g/mol. The molecule has 0 aliphatic rings. The first-order valence-electron chi connectivity index (χ1n) is 6.19. The van der Waals surface area contributed by atoms with E-state index in [0.29, 0.717) is 10.6 Å². The Morgan fingerprint density at radius 1 is 1.05 bits per heavy atom. The number of ketones is 1. The maximum atomic E-state index is 11.9. The van der Waals surface area contributed by atoms with E-state index in [2.05, 4.69) is 0 Å². The first-order chi connectivity index (χ1) is 9.97. The second-order valence-corrected chi connectivity index (χ2v) is 5.33. The summed E-state index contributed by atoms with van der Waals surface area (Å²) in [6, 6.07) is 11.5. The number of ether oxygens (including phenoxy) is 1. The topological polar surface area (TPSA) is 43.4 Å². The van der Waals surface area contributed by atoms with Crippen LogP contribution in [-0.2, 0) is 4.74 Å². The highest BCUT2D eigenvalue weighted by Crippen LogP contribution is 2.21. The van der Waals surface area contributed by atoms with Crippen molar-refractivity contribution >= 4 is 35.0 Å². The van der Waals surface area contributed by atoms with Crippen molar-refractivity contribution in [3.05, 3.63) is 69.2 Å². The van der Waals surface area contributed by atoms with Gasteiger partial charge in [0.05, 0.1) is 10.6 Å². The SMILES string of the molecule is Cc1ccc(C(=O)COC(=O)c2ccc(Cl)cc2Cl)cc1. The molecule has 0 saturated carbocycles. The molecule has 0 aliphatic heterocycles. The molecular weight excluding hydrogens is 311 g/mol. The molecule has 0 heterocycles. The second-order valence-electron chi connectivity index (χ2n) is 4.49. The van der Waals surface area contributed by atoms with Crippen molar-refractivity contribution in [2.24, 2.45) is 0 Å². The standard InChI is InChI=1S/C16H12Cl2O3/c1-10-2-4-11(5-3-10)15(19)9-21-16(20)13-7-6-12(17)8-14(13)18/h2-8H,9H2,1H3. The fraction of sp³-hybridized carbons (Fsp3) is 0.125. The maximum Gasteiger partial charge on any atom is 0.340 e. The lowest BCUT2D eigenvalue weighted by atomic mass is 10.1. The van der Waals surface area contributed by atoms with E-state index >= 15 is 0 Å². The predicted octanol–water partition coefficient (Wildman–Crippen LogP) is 4.34. The Morgan fingerprint density at radius 3 is 2.33 bits per heavy atom. The van der Waals surface area contributed by atoms with Crippen LogP contribution < -0.4 is 0 Å². The predicted molar refractivity (Wildman–Crippen MR) is 82.3 cm³/mol. The number of carbonyl (C=O) groups is 2. The molecule has 0 radical (unpaired) electrons. The Labute approximate surface area is 132 Å². The second kappa shape index (κ2) is 6.74. The molecule has 3 nitrogen and oxygen atoms in total. The molecule has 21 heavy (non-hydrogen) atoms. The molecule has 0 spiro atoms. The summed E-state index contributed by atoms with van der Waals surface area (Å²) in [5, 5.41) is 0.613. The minimum atomic E-state index is -0.655. The lowest BCUT2D eigenvalue weighted by Crippen LogP contribution is -2.14. The van der Waals surface area contributed by atoms with Gasteiger partial charge in [-0.25, -0.2) is 4.79 Å². The Kier molecular flexibility index (Phi) is 4.99. The van der Waals surface area contributed by atoms with E-state index in [0.717, 1.165) is 5.56 Å². The lowest BCUT2D eigenvalue weighted by molar-refractivity contribution is 0.0475. The molecule has 2 aromatic rings. The molecular formula is C16H12Cl2O3. The van der Waals surface area contributed by atoms with E-state index in [1.165, 1.54) is 18.2 Å². The van der Waals surface area contributed by atoms with Gasteiger partial charge >= 0.3 is 5.97 Å². The van der Waals surface area contributed by atoms with Gasteiger partial charge in [0.15, 0.2) is 12.4 Å². The van der Waals surface area contributed by atoms with E-state index in [1.807, 2.05) is 19.1 Å². The fourth-order valence-corrected chi connectivity index (χ4v) is 2.17. The van der Waals surface area contributed by atoms with Crippen molar-refractivity contribution in [2.75, 3.05) is 6.61 Å². The van der Waals surface area contributed by atoms with Crippen LogP contribution in [0.15, 0.2) is 42.5 Å². The van der Waals surface area contributed by atoms with Crippen LogP contribution in [0.1, 0.15) is 26.3 Å². The zero-order chi connectivity index (χ0) is 15.4. The smallest absolute Gasteiger partial charge is 0.340 e. The number of esters is 1. The van der Waals surface area contributed by atoms with Crippen LogP contribution in [0, 0.1) is 6.92 Å². The number of halogens is 2. The molecule has 0 aliphatic carbocycles. The van der Waals surface area contributed by atoms with Crippen LogP contribution in [0.5, 0.6) is 0 Å². The molecule has 0 bridgehead atoms. The highest BCUT2D eigenvalue weighted by Gasteiger charge is 2.14. The summed E-state index contributed by atoms with van der Waals surface area (Å²) in [5.74, 6) is -0.925. The van der Waals surface area contributed by atoms with Gasteiger partial charge in [-0.3, -0.25) is 4.79 Å². The number of carbonyl (C=O) groups excluding carboxylic acids is 2. The van der Waals surface area contributed by atoms with Gasteiger partial charge in [0.2, 0.25) is 0 Å². The van der Waals surface area contributed by atoms with E-state index in [4.69, 9.17) is 27.9 Å². The number of Topliss-reactive ketones (excluding diaryl/α,β-unsaturated/α-hetero) is 1. The molecule has 0 N–H and O–H groups in total. The van der Waals surface area contributed by atoms with Gasteiger partial charge < -0.3 is 4.74 Å². The van der Waals surface area contributed by atoms with Crippen molar-refractivity contribution < 1.29 is 14.3 Å². The third-order valence-electron chi connectivity index (χ3n) is 2.86. The minimum Gasteiger partial charge on any atom is -0.454 e. The van der Waals surface area contributed by atoms with Gasteiger partial charge in [-0.1, -0.05) is 53.0 Å². The van der Waals surface area contributed by atoms with Crippen molar-refractivity contribution in [1.82, 2.24) is 0 Å². The number of rotatable bonds is 4. The zero-order valence-electron chi connectivity index (χ0n) is 11.2. The van der Waals surface area contributed by atoms with Gasteiger partial charge in [0.1, 0.15) is 0 Å². The Hall–Kier alpha value is -1.84. The van der Waals surface area contributed by atoms with Crippen molar-refractivity contribution in [2.45, 2.75) is 6.92 Å². The summed E-state index contributed by atoms with van der Waals surface area (Å²) in [5.41, 5.74) is 1.73. The number of hydrogen-bond donors (Lipinski definition) is 0. The quantitative estimate of drug-likeness (QED) is 0.621. The Balaban J connectivity index is 2.00. The molecule has 0 fully saturated rings. The van der Waals surface area contributed by atoms with Gasteiger partial charge in [0, 0.05) is 10.6 Å². The van der Waals surface area contributed by atoms with E-state index < -0.39 is 5.97 Å². The number of hydrogen-bond acceptors (Lipinski definition) is 3.